The summed E-state index contributed by atoms with van der Waals surface area (Å²) in [6, 6.07) is 5.45. The molecule has 1 saturated heterocycles. The molecule has 1 saturated carbocycles. The fourth-order valence-corrected chi connectivity index (χ4v) is 5.50. The van der Waals surface area contributed by atoms with Crippen LogP contribution in [0.25, 0.3) is 0 Å². The van der Waals surface area contributed by atoms with Crippen molar-refractivity contribution in [3.8, 4) is 0 Å². The summed E-state index contributed by atoms with van der Waals surface area (Å²) >= 11 is 0. The highest BCUT2D eigenvalue weighted by Gasteiger charge is 2.37. The molecule has 0 bridgehead atoms. The first-order chi connectivity index (χ1) is 17.1. The highest BCUT2D eigenvalue weighted by atomic mass is 19.4. The van der Waals surface area contributed by atoms with Gasteiger partial charge >= 0.3 is 6.18 Å². The Bertz CT molecular complexity index is 1100. The molecule has 3 atom stereocenters. The third-order valence-corrected chi connectivity index (χ3v) is 7.75. The number of aliphatic hydroxyl groups excluding tert-OH is 1. The molecule has 1 aromatic carbocycles. The van der Waals surface area contributed by atoms with E-state index in [2.05, 4.69) is 26.7 Å². The molecule has 2 heterocycles. The molecular weight excluding hydrogens is 471 g/mol. The molecule has 7 nitrogen and oxygen atoms in total. The van der Waals surface area contributed by atoms with Crippen LogP contribution in [-0.2, 0) is 11.0 Å². The minimum Gasteiger partial charge on any atom is -0.387 e. The maximum absolute atomic E-state index is 13.7. The predicted octanol–water partition coefficient (Wildman–Crippen LogP) is 3.56. The minimum absolute atomic E-state index is 0.0568. The van der Waals surface area contributed by atoms with Gasteiger partial charge in [-0.05, 0) is 49.9 Å². The van der Waals surface area contributed by atoms with E-state index in [0.717, 1.165) is 36.4 Å². The van der Waals surface area contributed by atoms with Crippen molar-refractivity contribution in [1.82, 2.24) is 19.8 Å². The standard InChI is InChI=1S/C26H32F3N5O2/c1-16-13-21(35)23-22(16)24(31-15-30-23)33-9-11-34(12-10-33)25(36)20(14-32(2)19-7-8-19)17-3-5-18(6-4-17)26(27,28)29/h3-6,15-16,19-21,35H,7-14H2,1-2H3/t16-,20-,21+/m1/s1. The Morgan fingerprint density at radius 3 is 2.42 bits per heavy atom. The van der Waals surface area contributed by atoms with Crippen LogP contribution in [0.1, 0.15) is 66.5 Å². The molecule has 10 heteroatoms. The van der Waals surface area contributed by atoms with E-state index in [0.29, 0.717) is 56.4 Å². The number of likely N-dealkylation sites (N-methyl/N-ethyl adjacent to an activating group) is 1. The second-order valence-electron chi connectivity index (χ2n) is 10.3. The fraction of sp³-hybridized carbons (Fsp3) is 0.577. The topological polar surface area (TPSA) is 72.8 Å². The van der Waals surface area contributed by atoms with E-state index >= 15 is 0 Å². The summed E-state index contributed by atoms with van der Waals surface area (Å²) in [5.41, 5.74) is 1.58. The Kier molecular flexibility index (Phi) is 6.67. The van der Waals surface area contributed by atoms with E-state index in [1.807, 2.05) is 11.9 Å². The molecule has 2 fully saturated rings. The molecule has 1 amide bonds. The van der Waals surface area contributed by atoms with Gasteiger partial charge in [-0.2, -0.15) is 13.2 Å². The number of hydrogen-bond donors (Lipinski definition) is 1. The maximum Gasteiger partial charge on any atom is 0.416 e. The van der Waals surface area contributed by atoms with E-state index < -0.39 is 23.8 Å². The lowest BCUT2D eigenvalue weighted by atomic mass is 9.95. The normalized spacial score (nSPS) is 23.2. The van der Waals surface area contributed by atoms with Crippen LogP contribution in [0, 0.1) is 0 Å². The predicted molar refractivity (Wildman–Crippen MR) is 129 cm³/mol. The quantitative estimate of drug-likeness (QED) is 0.650. The monoisotopic (exact) mass is 503 g/mol. The lowest BCUT2D eigenvalue weighted by Gasteiger charge is -2.38. The zero-order chi connectivity index (χ0) is 25.6. The summed E-state index contributed by atoms with van der Waals surface area (Å²) in [5.74, 6) is 0.401. The smallest absolute Gasteiger partial charge is 0.387 e. The second-order valence-corrected chi connectivity index (χ2v) is 10.3. The number of aromatic nitrogens is 2. The summed E-state index contributed by atoms with van der Waals surface area (Å²) in [4.78, 5) is 28.6. The van der Waals surface area contributed by atoms with Crippen molar-refractivity contribution in [3.63, 3.8) is 0 Å². The summed E-state index contributed by atoms with van der Waals surface area (Å²) in [6.45, 7) is 4.72. The van der Waals surface area contributed by atoms with Gasteiger partial charge in [-0.3, -0.25) is 4.79 Å². The number of anilines is 1. The van der Waals surface area contributed by atoms with Crippen molar-refractivity contribution in [2.45, 2.75) is 56.3 Å². The average molecular weight is 504 g/mol. The van der Waals surface area contributed by atoms with Gasteiger partial charge in [0.15, 0.2) is 0 Å². The molecule has 0 unspecified atom stereocenters. The van der Waals surface area contributed by atoms with E-state index in [1.165, 1.54) is 18.5 Å². The number of hydrogen-bond acceptors (Lipinski definition) is 6. The van der Waals surface area contributed by atoms with Crippen LogP contribution in [0.5, 0.6) is 0 Å². The largest absolute Gasteiger partial charge is 0.416 e. The zero-order valence-corrected chi connectivity index (χ0v) is 20.6. The van der Waals surface area contributed by atoms with Crippen LogP contribution in [-0.4, -0.2) is 76.6 Å². The molecule has 1 aromatic heterocycles. The number of alkyl halides is 3. The summed E-state index contributed by atoms with van der Waals surface area (Å²) < 4.78 is 39.3. The summed E-state index contributed by atoms with van der Waals surface area (Å²) in [5, 5.41) is 10.3. The van der Waals surface area contributed by atoms with Gasteiger partial charge in [0.05, 0.1) is 23.3 Å². The van der Waals surface area contributed by atoms with Crippen molar-refractivity contribution in [2.75, 3.05) is 44.7 Å². The SMILES string of the molecule is C[C@@H]1C[C@H](O)c2ncnc(N3CCN(C(=O)[C@H](CN(C)C4CC4)c4ccc(C(F)(F)F)cc4)CC3)c21. The highest BCUT2D eigenvalue weighted by Crippen LogP contribution is 2.43. The summed E-state index contributed by atoms with van der Waals surface area (Å²) in [7, 11) is 1.98. The second kappa shape index (κ2) is 9.63. The highest BCUT2D eigenvalue weighted by molar-refractivity contribution is 5.84. The number of piperazine rings is 1. The van der Waals surface area contributed by atoms with E-state index in [-0.39, 0.29) is 11.8 Å². The molecule has 0 radical (unpaired) electrons. The van der Waals surface area contributed by atoms with E-state index in [9.17, 15) is 23.1 Å². The Hall–Kier alpha value is -2.72. The van der Waals surface area contributed by atoms with Gasteiger partial charge in [0, 0.05) is 44.3 Å². The maximum atomic E-state index is 13.7. The number of aliphatic hydroxyl groups is 1. The Morgan fingerprint density at radius 2 is 1.81 bits per heavy atom. The number of carbonyl (C=O) groups excluding carboxylic acids is 1. The third kappa shape index (κ3) is 4.93. The van der Waals surface area contributed by atoms with Gasteiger partial charge in [-0.1, -0.05) is 19.1 Å². The average Bonchev–Trinajstić information content (AvgIpc) is 3.67. The van der Waals surface area contributed by atoms with Crippen LogP contribution in [0.4, 0.5) is 19.0 Å². The first kappa shape index (κ1) is 25.0. The fourth-order valence-electron chi connectivity index (χ4n) is 5.50. The Labute approximate surface area is 208 Å². The minimum atomic E-state index is -4.41. The Balaban J connectivity index is 1.31. The van der Waals surface area contributed by atoms with Crippen molar-refractivity contribution >= 4 is 11.7 Å². The number of halogens is 3. The molecule has 1 N–H and O–H groups in total. The van der Waals surface area contributed by atoms with Crippen LogP contribution in [0.2, 0.25) is 0 Å². The molecular formula is C26H32F3N5O2. The van der Waals surface area contributed by atoms with Gasteiger partial charge in [0.2, 0.25) is 5.91 Å². The molecule has 3 aliphatic rings. The molecule has 194 valence electrons. The molecule has 0 spiro atoms. The number of fused-ring (bicyclic) bond motifs is 1. The lowest BCUT2D eigenvalue weighted by molar-refractivity contribution is -0.137. The lowest BCUT2D eigenvalue weighted by Crippen LogP contribution is -2.51. The molecule has 1 aliphatic heterocycles. The van der Waals surface area contributed by atoms with Crippen LogP contribution in [0.3, 0.4) is 0 Å². The number of benzene rings is 1. The number of carbonyl (C=O) groups is 1. The van der Waals surface area contributed by atoms with Crippen molar-refractivity contribution in [1.29, 1.82) is 0 Å². The zero-order valence-electron chi connectivity index (χ0n) is 20.6. The van der Waals surface area contributed by atoms with E-state index in [4.69, 9.17) is 0 Å². The van der Waals surface area contributed by atoms with Crippen molar-refractivity contribution < 1.29 is 23.1 Å². The van der Waals surface area contributed by atoms with Crippen LogP contribution < -0.4 is 4.90 Å². The Morgan fingerprint density at radius 1 is 1.14 bits per heavy atom. The third-order valence-electron chi connectivity index (χ3n) is 7.75. The van der Waals surface area contributed by atoms with Gasteiger partial charge in [-0.15, -0.1) is 0 Å². The number of nitrogens with zero attached hydrogens (tertiary/aromatic N) is 5. The number of rotatable bonds is 6. The summed E-state index contributed by atoms with van der Waals surface area (Å²) in [6.07, 6.45) is -0.704. The van der Waals surface area contributed by atoms with Crippen LogP contribution >= 0.6 is 0 Å². The van der Waals surface area contributed by atoms with Gasteiger partial charge < -0.3 is 19.8 Å². The van der Waals surface area contributed by atoms with Gasteiger partial charge in [0.1, 0.15) is 12.1 Å². The van der Waals surface area contributed by atoms with Gasteiger partial charge in [-0.25, -0.2) is 9.97 Å². The molecule has 2 aliphatic carbocycles. The molecule has 2 aromatic rings. The van der Waals surface area contributed by atoms with Gasteiger partial charge in [0.25, 0.3) is 0 Å². The first-order valence-electron chi connectivity index (χ1n) is 12.6. The number of amides is 1. The molecule has 36 heavy (non-hydrogen) atoms. The molecule has 5 rings (SSSR count). The first-order valence-corrected chi connectivity index (χ1v) is 12.6. The van der Waals surface area contributed by atoms with Crippen molar-refractivity contribution in [2.24, 2.45) is 0 Å². The van der Waals surface area contributed by atoms with Crippen molar-refractivity contribution in [3.05, 3.63) is 53.0 Å². The van der Waals surface area contributed by atoms with E-state index in [1.54, 1.807) is 0 Å². The van der Waals surface area contributed by atoms with Crippen LogP contribution in [0.15, 0.2) is 30.6 Å².